The van der Waals surface area contributed by atoms with Gasteiger partial charge in [0.15, 0.2) is 26.9 Å². The summed E-state index contributed by atoms with van der Waals surface area (Å²) in [7, 11) is -0.319. The highest BCUT2D eigenvalue weighted by Crippen LogP contribution is 2.32. The molecule has 36 heavy (non-hydrogen) atoms. The zero-order valence-corrected chi connectivity index (χ0v) is 20.9. The van der Waals surface area contributed by atoms with E-state index in [1.165, 1.54) is 21.9 Å². The lowest BCUT2D eigenvalue weighted by Gasteiger charge is -2.19. The first-order chi connectivity index (χ1) is 17.4. The first kappa shape index (κ1) is 25.1. The Hall–Kier alpha value is -4.01. The Labute approximate surface area is 214 Å². The summed E-state index contributed by atoms with van der Waals surface area (Å²) in [4.78, 5) is 16.0. The van der Waals surface area contributed by atoms with Crippen molar-refractivity contribution in [1.29, 1.82) is 0 Å². The molecule has 4 aromatic rings. The second-order valence-corrected chi connectivity index (χ2v) is 10.5. The Morgan fingerprint density at radius 2 is 1.42 bits per heavy atom. The molecule has 5 heteroatoms. The molecular weight excluding hydrogens is 471 g/mol. The number of rotatable bonds is 7. The molecule has 0 heterocycles. The molecule has 180 valence electrons. The summed E-state index contributed by atoms with van der Waals surface area (Å²) in [6.45, 7) is 3.12. The topological polar surface area (TPSA) is 35.5 Å². The summed E-state index contributed by atoms with van der Waals surface area (Å²) >= 11 is 0. The van der Waals surface area contributed by atoms with Gasteiger partial charge in [-0.05, 0) is 68.4 Å². The van der Waals surface area contributed by atoms with Crippen molar-refractivity contribution < 1.29 is 18.7 Å². The zero-order valence-electron chi connectivity index (χ0n) is 20.1. The minimum absolute atomic E-state index is 0.251. The molecule has 0 fully saturated rings. The molecule has 0 radical (unpaired) electrons. The van der Waals surface area contributed by atoms with Crippen molar-refractivity contribution in [1.82, 2.24) is 0 Å². The van der Waals surface area contributed by atoms with Crippen molar-refractivity contribution in [2.75, 3.05) is 6.61 Å². The second kappa shape index (κ2) is 11.6. The van der Waals surface area contributed by atoms with Gasteiger partial charge in [0, 0.05) is 11.6 Å². The highest BCUT2D eigenvalue weighted by Gasteiger charge is 2.29. The molecule has 0 N–H and O–H groups in total. The Kier molecular flexibility index (Phi) is 8.10. The Bertz CT molecular complexity index is 1340. The van der Waals surface area contributed by atoms with E-state index in [0.29, 0.717) is 11.3 Å². The first-order valence-corrected chi connectivity index (χ1v) is 12.7. The minimum Gasteiger partial charge on any atom is -0.482 e. The van der Waals surface area contributed by atoms with Gasteiger partial charge in [-0.1, -0.05) is 60.4 Å². The van der Waals surface area contributed by atoms with Crippen LogP contribution in [0, 0.1) is 17.7 Å². The average molecular weight is 498 g/mol. The molecule has 0 aliphatic heterocycles. The van der Waals surface area contributed by atoms with Gasteiger partial charge in [0.25, 0.3) is 0 Å². The van der Waals surface area contributed by atoms with Crippen LogP contribution in [0.15, 0.2) is 124 Å². The van der Waals surface area contributed by atoms with E-state index in [-0.39, 0.29) is 23.3 Å². The Balaban J connectivity index is 1.45. The molecule has 0 unspecified atom stereocenters. The van der Waals surface area contributed by atoms with E-state index in [2.05, 4.69) is 42.2 Å². The highest BCUT2D eigenvalue weighted by atomic mass is 32.2. The van der Waals surface area contributed by atoms with Crippen LogP contribution >= 0.6 is 0 Å². The highest BCUT2D eigenvalue weighted by molar-refractivity contribution is 7.97. The van der Waals surface area contributed by atoms with Crippen LogP contribution in [0.5, 0.6) is 5.75 Å². The normalized spacial score (nSPS) is 10.9. The summed E-state index contributed by atoms with van der Waals surface area (Å²) in [5.74, 6) is 5.40. The fourth-order valence-electron chi connectivity index (χ4n) is 3.48. The molecule has 0 atom stereocenters. The third kappa shape index (κ3) is 7.00. The summed E-state index contributed by atoms with van der Waals surface area (Å²) in [5, 5.41) is 0. The van der Waals surface area contributed by atoms with E-state index < -0.39 is 11.6 Å². The quantitative estimate of drug-likeness (QED) is 0.162. The number of benzene rings is 4. The van der Waals surface area contributed by atoms with Gasteiger partial charge < -0.3 is 9.47 Å². The molecule has 0 saturated carbocycles. The van der Waals surface area contributed by atoms with Crippen molar-refractivity contribution in [3.63, 3.8) is 0 Å². The number of carbonyl (C=O) groups is 1. The third-order valence-electron chi connectivity index (χ3n) is 5.06. The molecule has 0 aromatic heterocycles. The van der Waals surface area contributed by atoms with E-state index in [1.54, 1.807) is 26.0 Å². The lowest BCUT2D eigenvalue weighted by atomic mass is 10.1. The zero-order chi connectivity index (χ0) is 25.4. The van der Waals surface area contributed by atoms with Gasteiger partial charge in [0.2, 0.25) is 0 Å². The van der Waals surface area contributed by atoms with Crippen LogP contribution in [0.1, 0.15) is 19.4 Å². The number of carbonyl (C=O) groups excluding carboxylic acids is 1. The van der Waals surface area contributed by atoms with Crippen LogP contribution < -0.4 is 4.74 Å². The van der Waals surface area contributed by atoms with Gasteiger partial charge in [-0.2, -0.15) is 0 Å². The number of esters is 1. The summed E-state index contributed by atoms with van der Waals surface area (Å²) in [6.07, 6.45) is 0. The molecule has 4 rings (SSSR count). The van der Waals surface area contributed by atoms with Gasteiger partial charge in [-0.3, -0.25) is 0 Å². The fourth-order valence-corrected chi connectivity index (χ4v) is 5.61. The predicted octanol–water partition coefficient (Wildman–Crippen LogP) is 6.67. The second-order valence-electron chi connectivity index (χ2n) is 8.44. The average Bonchev–Trinajstić information content (AvgIpc) is 2.88. The van der Waals surface area contributed by atoms with Crippen LogP contribution in [-0.4, -0.2) is 18.2 Å². The lowest BCUT2D eigenvalue weighted by Crippen LogP contribution is -2.29. The SMILES string of the molecule is CC(C)(C#Cc1cccc(F)c1)OC(=O)COc1cccc([S+](c2ccccc2)c2ccccc2)c1. The van der Waals surface area contributed by atoms with Crippen LogP contribution in [0.3, 0.4) is 0 Å². The van der Waals surface area contributed by atoms with Gasteiger partial charge in [0.1, 0.15) is 11.6 Å². The van der Waals surface area contributed by atoms with Gasteiger partial charge in [0.05, 0.1) is 10.9 Å². The van der Waals surface area contributed by atoms with Crippen LogP contribution in [0.4, 0.5) is 4.39 Å². The Morgan fingerprint density at radius 1 is 0.806 bits per heavy atom. The lowest BCUT2D eigenvalue weighted by molar-refractivity contribution is -0.154. The predicted molar refractivity (Wildman–Crippen MR) is 140 cm³/mol. The molecule has 0 aliphatic carbocycles. The van der Waals surface area contributed by atoms with Crippen molar-refractivity contribution in [2.24, 2.45) is 0 Å². The van der Waals surface area contributed by atoms with Crippen LogP contribution in [-0.2, 0) is 20.4 Å². The van der Waals surface area contributed by atoms with E-state index in [9.17, 15) is 9.18 Å². The minimum atomic E-state index is -1.05. The summed E-state index contributed by atoms with van der Waals surface area (Å²) < 4.78 is 24.6. The fraction of sp³-hybridized carbons (Fsp3) is 0.129. The van der Waals surface area contributed by atoms with E-state index in [4.69, 9.17) is 9.47 Å². The van der Waals surface area contributed by atoms with Gasteiger partial charge in [-0.25, -0.2) is 9.18 Å². The van der Waals surface area contributed by atoms with E-state index in [1.807, 2.05) is 54.6 Å². The number of hydrogen-bond donors (Lipinski definition) is 0. The largest absolute Gasteiger partial charge is 0.482 e. The molecule has 4 aromatic carbocycles. The molecule has 3 nitrogen and oxygen atoms in total. The van der Waals surface area contributed by atoms with Crippen molar-refractivity contribution >= 4 is 16.9 Å². The monoisotopic (exact) mass is 497 g/mol. The van der Waals surface area contributed by atoms with E-state index in [0.717, 1.165) is 4.90 Å². The van der Waals surface area contributed by atoms with E-state index >= 15 is 0 Å². The van der Waals surface area contributed by atoms with Gasteiger partial charge in [-0.15, -0.1) is 0 Å². The molecular formula is C31H26FO3S+. The molecule has 0 aliphatic rings. The first-order valence-electron chi connectivity index (χ1n) is 11.5. The van der Waals surface area contributed by atoms with Gasteiger partial charge >= 0.3 is 5.97 Å². The maximum absolute atomic E-state index is 13.4. The molecule has 0 bridgehead atoms. The Morgan fingerprint density at radius 3 is 2.06 bits per heavy atom. The van der Waals surface area contributed by atoms with Crippen molar-refractivity contribution in [3.8, 4) is 17.6 Å². The number of ether oxygens (including phenoxy) is 2. The third-order valence-corrected chi connectivity index (χ3v) is 7.27. The standard InChI is InChI=1S/C31H26FO3S/c1-31(2,20-19-24-11-9-12-25(32)21-24)35-30(33)23-34-26-13-10-18-29(22-26)36(27-14-5-3-6-15-27)28-16-7-4-8-17-28/h3-18,21-22H,23H2,1-2H3/q+1. The summed E-state index contributed by atoms with van der Waals surface area (Å²) in [6, 6.07) is 34.4. The summed E-state index contributed by atoms with van der Waals surface area (Å²) in [5.41, 5.74) is -0.541. The van der Waals surface area contributed by atoms with Crippen molar-refractivity contribution in [3.05, 3.63) is 121 Å². The number of hydrogen-bond acceptors (Lipinski definition) is 3. The van der Waals surface area contributed by atoms with Crippen LogP contribution in [0.25, 0.3) is 0 Å². The van der Waals surface area contributed by atoms with Crippen molar-refractivity contribution in [2.45, 2.75) is 34.1 Å². The number of halogens is 1. The molecule has 0 amide bonds. The maximum atomic E-state index is 13.4. The smallest absolute Gasteiger partial charge is 0.345 e. The molecule has 0 saturated heterocycles. The van der Waals surface area contributed by atoms with Crippen LogP contribution in [0.2, 0.25) is 0 Å². The maximum Gasteiger partial charge on any atom is 0.345 e. The molecule has 0 spiro atoms.